The van der Waals surface area contributed by atoms with Crippen molar-refractivity contribution in [1.82, 2.24) is 9.47 Å². The van der Waals surface area contributed by atoms with Crippen LogP contribution in [0, 0.1) is 24.2 Å². The van der Waals surface area contributed by atoms with Crippen molar-refractivity contribution >= 4 is 52.1 Å². The quantitative estimate of drug-likeness (QED) is 0.173. The number of carbonyl (C=O) groups excluding carboxylic acids is 2. The molecule has 2 aliphatic heterocycles. The fraction of sp³-hybridized carbons (Fsp3) is 0.593. The number of pyridine rings is 1. The van der Waals surface area contributed by atoms with Crippen LogP contribution < -0.4 is 10.5 Å². The van der Waals surface area contributed by atoms with E-state index in [1.54, 1.807) is 36.5 Å². The highest BCUT2D eigenvalue weighted by Crippen LogP contribution is 2.37. The third kappa shape index (κ3) is 6.47. The van der Waals surface area contributed by atoms with E-state index in [9.17, 15) is 19.6 Å². The monoisotopic (exact) mass is 560 g/mol. The molecule has 1 aromatic rings. The third-order valence-corrected chi connectivity index (χ3v) is 8.25. The Kier molecular flexibility index (Phi) is 10.9. The Balaban J connectivity index is 2.08. The van der Waals surface area contributed by atoms with Gasteiger partial charge in [-0.15, -0.1) is 0 Å². The summed E-state index contributed by atoms with van der Waals surface area (Å²) in [6.07, 6.45) is 5.28. The first kappa shape index (κ1) is 29.9. The first-order chi connectivity index (χ1) is 18.3. The van der Waals surface area contributed by atoms with Gasteiger partial charge in [-0.2, -0.15) is 5.26 Å². The number of thioether (sulfide) groups is 1. The minimum atomic E-state index is -0.328. The molecular weight excluding hydrogens is 524 g/mol. The number of hydrogen-bond donors (Lipinski definition) is 0. The Morgan fingerprint density at radius 3 is 2.53 bits per heavy atom. The second-order valence-corrected chi connectivity index (χ2v) is 11.0. The number of nitrogens with zero attached hydrogens (tertiary/aromatic N) is 4. The van der Waals surface area contributed by atoms with Crippen LogP contribution in [0.1, 0.15) is 62.6 Å². The summed E-state index contributed by atoms with van der Waals surface area (Å²) in [5, 5.41) is 9.88. The molecule has 3 heterocycles. The van der Waals surface area contributed by atoms with Crippen molar-refractivity contribution in [2.75, 3.05) is 44.9 Å². The lowest BCUT2D eigenvalue weighted by molar-refractivity contribution is -0.148. The normalized spacial score (nSPS) is 17.4. The molecule has 2 fully saturated rings. The van der Waals surface area contributed by atoms with Gasteiger partial charge in [0.05, 0.1) is 17.4 Å². The Bertz CT molecular complexity index is 1200. The van der Waals surface area contributed by atoms with Crippen molar-refractivity contribution in [2.24, 2.45) is 5.92 Å². The highest BCUT2D eigenvalue weighted by atomic mass is 32.2. The summed E-state index contributed by atoms with van der Waals surface area (Å²) in [5.41, 5.74) is 0.958. The van der Waals surface area contributed by atoms with Crippen LogP contribution in [-0.4, -0.2) is 65.6 Å². The number of methoxy groups -OCH3 is 1. The van der Waals surface area contributed by atoms with Crippen LogP contribution in [0.3, 0.4) is 0 Å². The van der Waals surface area contributed by atoms with Crippen LogP contribution in [0.15, 0.2) is 9.70 Å². The summed E-state index contributed by atoms with van der Waals surface area (Å²) in [6.45, 7) is 8.49. The molecule has 0 unspecified atom stereocenters. The molecule has 0 aromatic carbocycles. The number of amides is 1. The van der Waals surface area contributed by atoms with Crippen molar-refractivity contribution in [2.45, 2.75) is 59.4 Å². The van der Waals surface area contributed by atoms with Gasteiger partial charge in [-0.25, -0.2) is 0 Å². The van der Waals surface area contributed by atoms with E-state index in [2.05, 4.69) is 11.0 Å². The van der Waals surface area contributed by atoms with E-state index in [4.69, 9.17) is 21.7 Å². The maximum Gasteiger partial charge on any atom is 0.309 e. The van der Waals surface area contributed by atoms with Crippen molar-refractivity contribution in [1.29, 1.82) is 5.26 Å². The number of aromatic nitrogens is 1. The van der Waals surface area contributed by atoms with Gasteiger partial charge in [0.15, 0.2) is 0 Å². The van der Waals surface area contributed by atoms with Gasteiger partial charge >= 0.3 is 5.97 Å². The molecule has 2 aliphatic rings. The van der Waals surface area contributed by atoms with Crippen LogP contribution in [0.5, 0.6) is 0 Å². The van der Waals surface area contributed by atoms with Crippen molar-refractivity contribution in [3.05, 3.63) is 31.9 Å². The van der Waals surface area contributed by atoms with Crippen molar-refractivity contribution in [3.63, 3.8) is 0 Å². The van der Waals surface area contributed by atoms with Gasteiger partial charge in [0.25, 0.3) is 11.5 Å². The SMILES string of the molecule is CCCCn1c(N2CCC(C(=O)OCC)CC2)c(/C=C2/SC(=S)N(CCCOC)C2=O)c(C)c(C#N)c1=O. The molecule has 0 bridgehead atoms. The number of anilines is 1. The summed E-state index contributed by atoms with van der Waals surface area (Å²) in [5.74, 6) is 0.122. The highest BCUT2D eigenvalue weighted by Gasteiger charge is 2.34. The van der Waals surface area contributed by atoms with Crippen molar-refractivity contribution in [3.8, 4) is 6.07 Å². The Morgan fingerprint density at radius 1 is 1.21 bits per heavy atom. The summed E-state index contributed by atoms with van der Waals surface area (Å²) >= 11 is 6.72. The first-order valence-corrected chi connectivity index (χ1v) is 14.3. The van der Waals surface area contributed by atoms with Crippen molar-refractivity contribution < 1.29 is 19.1 Å². The summed E-state index contributed by atoms with van der Waals surface area (Å²) < 4.78 is 12.5. The molecule has 0 atom stereocenters. The number of piperidine rings is 1. The Hall–Kier alpha value is -2.68. The number of unbranched alkanes of at least 4 members (excludes halogenated alkanes) is 1. The van der Waals surface area contributed by atoms with E-state index in [1.807, 2.05) is 6.92 Å². The lowest BCUT2D eigenvalue weighted by atomic mass is 9.95. The molecule has 206 valence electrons. The molecule has 3 rings (SSSR count). The maximum absolute atomic E-state index is 13.5. The van der Waals surface area contributed by atoms with Gasteiger partial charge in [0.2, 0.25) is 0 Å². The Morgan fingerprint density at radius 2 is 1.92 bits per heavy atom. The molecule has 1 amide bonds. The smallest absolute Gasteiger partial charge is 0.309 e. The number of carbonyl (C=O) groups is 2. The number of nitriles is 1. The van der Waals surface area contributed by atoms with Crippen LogP contribution in [0.25, 0.3) is 6.08 Å². The highest BCUT2D eigenvalue weighted by molar-refractivity contribution is 8.26. The fourth-order valence-corrected chi connectivity index (χ4v) is 6.08. The average molecular weight is 561 g/mol. The summed E-state index contributed by atoms with van der Waals surface area (Å²) in [6, 6.07) is 2.09. The van der Waals surface area contributed by atoms with Crippen LogP contribution in [-0.2, 0) is 25.6 Å². The maximum atomic E-state index is 13.5. The molecule has 1 aromatic heterocycles. The van der Waals surface area contributed by atoms with Gasteiger partial charge in [0.1, 0.15) is 21.8 Å². The summed E-state index contributed by atoms with van der Waals surface area (Å²) in [7, 11) is 1.62. The van der Waals surface area contributed by atoms with E-state index in [0.717, 1.165) is 12.8 Å². The molecule has 0 radical (unpaired) electrons. The molecular formula is C27H36N4O5S2. The summed E-state index contributed by atoms with van der Waals surface area (Å²) in [4.78, 5) is 43.2. The van der Waals surface area contributed by atoms with Gasteiger partial charge in [0, 0.05) is 45.5 Å². The standard InChI is InChI=1S/C27H36N4O5S2/c1-5-7-11-30-23(29-13-9-19(10-14-29)26(34)36-6-2)20(18(3)21(17-28)24(30)32)16-22-25(33)31(27(37)38-22)12-8-15-35-4/h16,19H,5-15H2,1-4H3/b22-16+. The van der Waals surface area contributed by atoms with Gasteiger partial charge < -0.3 is 14.4 Å². The number of esters is 1. The van der Waals surface area contributed by atoms with Crippen LogP contribution in [0.4, 0.5) is 5.82 Å². The number of thiocarbonyl (C=S) groups is 1. The zero-order valence-electron chi connectivity index (χ0n) is 22.6. The van der Waals surface area contributed by atoms with Gasteiger partial charge in [-0.05, 0) is 51.2 Å². The molecule has 9 nitrogen and oxygen atoms in total. The second kappa shape index (κ2) is 13.9. The zero-order chi connectivity index (χ0) is 27.8. The lowest BCUT2D eigenvalue weighted by Crippen LogP contribution is -2.41. The second-order valence-electron chi connectivity index (χ2n) is 9.35. The predicted octanol–water partition coefficient (Wildman–Crippen LogP) is 3.85. The number of hydrogen-bond acceptors (Lipinski definition) is 9. The molecule has 38 heavy (non-hydrogen) atoms. The predicted molar refractivity (Wildman–Crippen MR) is 153 cm³/mol. The molecule has 0 spiro atoms. The van der Waals surface area contributed by atoms with E-state index < -0.39 is 0 Å². The first-order valence-electron chi connectivity index (χ1n) is 13.1. The van der Waals surface area contributed by atoms with E-state index in [1.165, 1.54) is 11.8 Å². The van der Waals surface area contributed by atoms with E-state index in [0.29, 0.717) is 84.8 Å². The zero-order valence-corrected chi connectivity index (χ0v) is 24.2. The van der Waals surface area contributed by atoms with Crippen LogP contribution >= 0.6 is 24.0 Å². The minimum Gasteiger partial charge on any atom is -0.466 e. The van der Waals surface area contributed by atoms with E-state index in [-0.39, 0.29) is 28.9 Å². The number of rotatable bonds is 11. The van der Waals surface area contributed by atoms with Crippen LogP contribution in [0.2, 0.25) is 0 Å². The topological polar surface area (TPSA) is 105 Å². The molecule has 11 heteroatoms. The third-order valence-electron chi connectivity index (χ3n) is 6.88. The lowest BCUT2D eigenvalue weighted by Gasteiger charge is -2.35. The minimum absolute atomic E-state index is 0.0769. The fourth-order valence-electron chi connectivity index (χ4n) is 4.79. The Labute approximate surface area is 233 Å². The van der Waals surface area contributed by atoms with E-state index >= 15 is 0 Å². The molecule has 0 aliphatic carbocycles. The molecule has 0 saturated carbocycles. The molecule has 2 saturated heterocycles. The van der Waals surface area contributed by atoms with Gasteiger partial charge in [-0.1, -0.05) is 37.3 Å². The van der Waals surface area contributed by atoms with Gasteiger partial charge in [-0.3, -0.25) is 23.9 Å². The molecule has 0 N–H and O–H groups in total. The largest absolute Gasteiger partial charge is 0.466 e. The average Bonchev–Trinajstić information content (AvgIpc) is 3.17. The number of ether oxygens (including phenoxy) is 2.